The molecule has 2 fully saturated rings. The highest BCUT2D eigenvalue weighted by Gasteiger charge is 2.39. The number of fused-ring (bicyclic) bond motifs is 1. The Balaban J connectivity index is 1.40. The van der Waals surface area contributed by atoms with Gasteiger partial charge in [0.05, 0.1) is 5.25 Å². The van der Waals surface area contributed by atoms with Gasteiger partial charge in [-0.3, -0.25) is 4.40 Å². The summed E-state index contributed by atoms with van der Waals surface area (Å²) >= 11 is 1.98. The molecule has 5 rings (SSSR count). The van der Waals surface area contributed by atoms with Crippen molar-refractivity contribution in [3.63, 3.8) is 0 Å². The SMILES string of the molecule is c1ccc([C@@H]2C[C@H]2Nc2nccn3c([C@@H]4CCCS4)nnc23)cc1. The zero-order chi connectivity index (χ0) is 15.9. The summed E-state index contributed by atoms with van der Waals surface area (Å²) in [4.78, 5) is 4.51. The second kappa shape index (κ2) is 5.77. The first-order valence-electron chi connectivity index (χ1n) is 8.53. The van der Waals surface area contributed by atoms with E-state index in [4.69, 9.17) is 0 Å². The fourth-order valence-electron chi connectivity index (χ4n) is 3.55. The van der Waals surface area contributed by atoms with Crippen LogP contribution in [-0.4, -0.2) is 31.4 Å². The van der Waals surface area contributed by atoms with E-state index in [9.17, 15) is 0 Å². The van der Waals surface area contributed by atoms with Crippen molar-refractivity contribution in [3.8, 4) is 0 Å². The second-order valence-electron chi connectivity index (χ2n) is 6.53. The first-order valence-corrected chi connectivity index (χ1v) is 9.58. The van der Waals surface area contributed by atoms with Crippen molar-refractivity contribution in [1.29, 1.82) is 0 Å². The zero-order valence-electron chi connectivity index (χ0n) is 13.3. The highest BCUT2D eigenvalue weighted by Crippen LogP contribution is 2.43. The van der Waals surface area contributed by atoms with E-state index in [-0.39, 0.29) is 0 Å². The van der Waals surface area contributed by atoms with Crippen molar-refractivity contribution in [2.75, 3.05) is 11.1 Å². The molecule has 5 nitrogen and oxygen atoms in total. The number of benzene rings is 1. The van der Waals surface area contributed by atoms with E-state index in [0.717, 1.165) is 23.7 Å². The normalized spacial score (nSPS) is 25.9. The van der Waals surface area contributed by atoms with Gasteiger partial charge >= 0.3 is 0 Å². The number of thioether (sulfide) groups is 1. The third kappa shape index (κ3) is 2.45. The smallest absolute Gasteiger partial charge is 0.203 e. The van der Waals surface area contributed by atoms with Crippen molar-refractivity contribution in [3.05, 3.63) is 54.1 Å². The second-order valence-corrected chi connectivity index (χ2v) is 7.84. The maximum absolute atomic E-state index is 4.51. The summed E-state index contributed by atoms with van der Waals surface area (Å²) in [5.74, 6) is 3.70. The minimum absolute atomic E-state index is 0.437. The molecule has 1 aliphatic carbocycles. The molecule has 2 aromatic heterocycles. The molecule has 1 aliphatic heterocycles. The minimum atomic E-state index is 0.437. The molecule has 0 unspecified atom stereocenters. The van der Waals surface area contributed by atoms with Gasteiger partial charge in [0.1, 0.15) is 0 Å². The third-order valence-electron chi connectivity index (χ3n) is 4.91. The lowest BCUT2D eigenvalue weighted by Gasteiger charge is -2.08. The first kappa shape index (κ1) is 14.3. The Bertz CT molecular complexity index is 856. The van der Waals surface area contributed by atoms with Gasteiger partial charge in [-0.05, 0) is 30.6 Å². The third-order valence-corrected chi connectivity index (χ3v) is 6.28. The Kier molecular flexibility index (Phi) is 3.43. The van der Waals surface area contributed by atoms with E-state index in [1.54, 1.807) is 0 Å². The molecular formula is C18H19N5S. The van der Waals surface area contributed by atoms with Crippen molar-refractivity contribution < 1.29 is 0 Å². The zero-order valence-corrected chi connectivity index (χ0v) is 14.1. The Labute approximate surface area is 144 Å². The van der Waals surface area contributed by atoms with Gasteiger partial charge in [-0.25, -0.2) is 4.98 Å². The summed E-state index contributed by atoms with van der Waals surface area (Å²) in [5, 5.41) is 12.9. The molecule has 1 aromatic carbocycles. The lowest BCUT2D eigenvalue weighted by molar-refractivity contribution is 0.765. The van der Waals surface area contributed by atoms with Crippen LogP contribution < -0.4 is 5.32 Å². The lowest BCUT2D eigenvalue weighted by Crippen LogP contribution is -2.08. The number of aromatic nitrogens is 4. The highest BCUT2D eigenvalue weighted by molar-refractivity contribution is 7.99. The summed E-state index contributed by atoms with van der Waals surface area (Å²) in [6.07, 6.45) is 7.43. The van der Waals surface area contributed by atoms with Crippen LogP contribution in [0.15, 0.2) is 42.7 Å². The fourth-order valence-corrected chi connectivity index (χ4v) is 4.81. The minimum Gasteiger partial charge on any atom is -0.364 e. The Morgan fingerprint density at radius 1 is 1.17 bits per heavy atom. The number of hydrogen-bond acceptors (Lipinski definition) is 5. The van der Waals surface area contributed by atoms with Crippen LogP contribution >= 0.6 is 11.8 Å². The molecule has 1 saturated carbocycles. The van der Waals surface area contributed by atoms with Crippen LogP contribution in [0.1, 0.15) is 41.8 Å². The van der Waals surface area contributed by atoms with Gasteiger partial charge in [-0.2, -0.15) is 11.8 Å². The Hall–Kier alpha value is -2.08. The molecule has 0 radical (unpaired) electrons. The number of hydrogen-bond donors (Lipinski definition) is 1. The molecule has 6 heteroatoms. The van der Waals surface area contributed by atoms with Gasteiger partial charge < -0.3 is 5.32 Å². The van der Waals surface area contributed by atoms with E-state index in [0.29, 0.717) is 17.2 Å². The van der Waals surface area contributed by atoms with E-state index in [1.807, 2.05) is 24.2 Å². The van der Waals surface area contributed by atoms with Crippen LogP contribution in [0.25, 0.3) is 5.65 Å². The van der Waals surface area contributed by atoms with Gasteiger partial charge in [0.2, 0.25) is 5.65 Å². The van der Waals surface area contributed by atoms with E-state index < -0.39 is 0 Å². The van der Waals surface area contributed by atoms with E-state index in [1.165, 1.54) is 24.2 Å². The summed E-state index contributed by atoms with van der Waals surface area (Å²) < 4.78 is 2.11. The maximum atomic E-state index is 4.51. The molecule has 1 N–H and O–H groups in total. The summed E-state index contributed by atoms with van der Waals surface area (Å²) in [6.45, 7) is 0. The molecule has 0 bridgehead atoms. The van der Waals surface area contributed by atoms with Crippen molar-refractivity contribution >= 4 is 23.2 Å². The Morgan fingerprint density at radius 3 is 2.92 bits per heavy atom. The van der Waals surface area contributed by atoms with Crippen LogP contribution in [0, 0.1) is 0 Å². The number of nitrogens with zero attached hydrogens (tertiary/aromatic N) is 4. The highest BCUT2D eigenvalue weighted by atomic mass is 32.2. The fraction of sp³-hybridized carbons (Fsp3) is 0.389. The Morgan fingerprint density at radius 2 is 2.08 bits per heavy atom. The number of nitrogens with one attached hydrogen (secondary N) is 1. The monoisotopic (exact) mass is 337 g/mol. The molecule has 0 spiro atoms. The molecule has 2 aliphatic rings. The van der Waals surface area contributed by atoms with Crippen LogP contribution in [0.4, 0.5) is 5.82 Å². The van der Waals surface area contributed by atoms with Gasteiger partial charge in [0.15, 0.2) is 11.6 Å². The lowest BCUT2D eigenvalue weighted by atomic mass is 10.1. The first-order chi connectivity index (χ1) is 11.9. The van der Waals surface area contributed by atoms with Crippen LogP contribution in [0.5, 0.6) is 0 Å². The van der Waals surface area contributed by atoms with Crippen LogP contribution in [-0.2, 0) is 0 Å². The van der Waals surface area contributed by atoms with E-state index in [2.05, 4.69) is 55.2 Å². The van der Waals surface area contributed by atoms with Crippen molar-refractivity contribution in [1.82, 2.24) is 19.6 Å². The average Bonchev–Trinajstić information content (AvgIpc) is 3.01. The molecule has 3 atom stereocenters. The van der Waals surface area contributed by atoms with Gasteiger partial charge in [0.25, 0.3) is 0 Å². The number of rotatable bonds is 4. The van der Waals surface area contributed by atoms with Crippen molar-refractivity contribution in [2.45, 2.75) is 36.5 Å². The van der Waals surface area contributed by atoms with Crippen molar-refractivity contribution in [2.24, 2.45) is 0 Å². The standard InChI is InChI=1S/C18H19N5S/c1-2-5-12(6-3-1)13-11-14(13)20-16-18-22-21-17(15-7-4-10-24-15)23(18)9-8-19-16/h1-3,5-6,8-9,13-15H,4,7,10-11H2,(H,19,20)/t13-,14+,15-/m0/s1. The molecule has 3 aromatic rings. The van der Waals surface area contributed by atoms with Gasteiger partial charge in [-0.15, -0.1) is 10.2 Å². The molecule has 1 saturated heterocycles. The topological polar surface area (TPSA) is 55.1 Å². The summed E-state index contributed by atoms with van der Waals surface area (Å²) in [7, 11) is 0. The molecular weight excluding hydrogens is 318 g/mol. The van der Waals surface area contributed by atoms with Crippen LogP contribution in [0.2, 0.25) is 0 Å². The molecule has 24 heavy (non-hydrogen) atoms. The molecule has 122 valence electrons. The largest absolute Gasteiger partial charge is 0.364 e. The van der Waals surface area contributed by atoms with E-state index >= 15 is 0 Å². The molecule has 0 amide bonds. The predicted octanol–water partition coefficient (Wildman–Crippen LogP) is 3.66. The molecule has 3 heterocycles. The van der Waals surface area contributed by atoms with Gasteiger partial charge in [0, 0.05) is 24.4 Å². The van der Waals surface area contributed by atoms with Gasteiger partial charge in [-0.1, -0.05) is 30.3 Å². The predicted molar refractivity (Wildman–Crippen MR) is 96.4 cm³/mol. The average molecular weight is 337 g/mol. The quantitative estimate of drug-likeness (QED) is 0.787. The summed E-state index contributed by atoms with van der Waals surface area (Å²) in [6, 6.07) is 11.1. The van der Waals surface area contributed by atoms with Crippen LogP contribution in [0.3, 0.4) is 0 Å². The number of anilines is 1. The maximum Gasteiger partial charge on any atom is 0.203 e. The summed E-state index contributed by atoms with van der Waals surface area (Å²) in [5.41, 5.74) is 2.24.